The van der Waals surface area contributed by atoms with Gasteiger partial charge in [-0.25, -0.2) is 0 Å². The summed E-state index contributed by atoms with van der Waals surface area (Å²) in [6.45, 7) is 9.18. The molecule has 0 spiro atoms. The standard InChI is InChI=1S/C12H18N2O/c1-3-4-5-6-12(2)14-9-7-13(11-15)8-10-14/h3-6,11H,1,7-10H2,2H3/b5-4-,12-6+. The van der Waals surface area contributed by atoms with E-state index in [0.29, 0.717) is 0 Å². The lowest BCUT2D eigenvalue weighted by atomic mass is 10.3. The molecule has 82 valence electrons. The maximum Gasteiger partial charge on any atom is 0.209 e. The highest BCUT2D eigenvalue weighted by Crippen LogP contribution is 2.07. The normalized spacial score (nSPS) is 18.3. The van der Waals surface area contributed by atoms with Gasteiger partial charge in [0.2, 0.25) is 6.41 Å². The maximum absolute atomic E-state index is 10.5. The van der Waals surface area contributed by atoms with Gasteiger partial charge in [-0.2, -0.15) is 0 Å². The smallest absolute Gasteiger partial charge is 0.209 e. The Kier molecular flexibility index (Phi) is 4.68. The monoisotopic (exact) mass is 206 g/mol. The largest absolute Gasteiger partial charge is 0.371 e. The van der Waals surface area contributed by atoms with E-state index >= 15 is 0 Å². The van der Waals surface area contributed by atoms with Gasteiger partial charge in [0, 0.05) is 31.9 Å². The van der Waals surface area contributed by atoms with Crippen LogP contribution in [0.15, 0.2) is 36.6 Å². The van der Waals surface area contributed by atoms with Crippen molar-refractivity contribution in [1.82, 2.24) is 9.80 Å². The molecule has 3 heteroatoms. The molecule has 0 aromatic rings. The van der Waals surface area contributed by atoms with Gasteiger partial charge in [-0.3, -0.25) is 4.79 Å². The molecule has 1 rings (SSSR count). The predicted octanol–water partition coefficient (Wildman–Crippen LogP) is 1.41. The summed E-state index contributed by atoms with van der Waals surface area (Å²) >= 11 is 0. The van der Waals surface area contributed by atoms with E-state index in [0.717, 1.165) is 32.6 Å². The molecule has 1 amide bonds. The van der Waals surface area contributed by atoms with Crippen molar-refractivity contribution in [3.05, 3.63) is 36.6 Å². The van der Waals surface area contributed by atoms with Crippen LogP contribution in [0.4, 0.5) is 0 Å². The SMILES string of the molecule is C=C/C=C\C=C(/C)N1CCN(C=O)CC1. The predicted molar refractivity (Wildman–Crippen MR) is 62.3 cm³/mol. The first-order valence-electron chi connectivity index (χ1n) is 5.18. The van der Waals surface area contributed by atoms with Gasteiger partial charge in [-0.05, 0) is 13.0 Å². The number of piperazine rings is 1. The third-order valence-corrected chi connectivity index (χ3v) is 2.55. The van der Waals surface area contributed by atoms with Gasteiger partial charge in [0.1, 0.15) is 0 Å². The molecule has 1 aliphatic rings. The summed E-state index contributed by atoms with van der Waals surface area (Å²) in [5.41, 5.74) is 1.23. The Bertz CT molecular complexity index is 273. The zero-order chi connectivity index (χ0) is 11.1. The Balaban J connectivity index is 2.45. The van der Waals surface area contributed by atoms with E-state index in [9.17, 15) is 4.79 Å². The van der Waals surface area contributed by atoms with E-state index in [1.165, 1.54) is 5.70 Å². The van der Waals surface area contributed by atoms with Crippen LogP contribution in [0.1, 0.15) is 6.92 Å². The van der Waals surface area contributed by atoms with E-state index in [1.54, 1.807) is 6.08 Å². The Hall–Kier alpha value is -1.51. The number of amides is 1. The minimum atomic E-state index is 0.819. The van der Waals surface area contributed by atoms with Crippen LogP contribution in [-0.4, -0.2) is 42.4 Å². The number of carbonyl (C=O) groups is 1. The van der Waals surface area contributed by atoms with E-state index < -0.39 is 0 Å². The number of rotatable bonds is 4. The van der Waals surface area contributed by atoms with Crippen molar-refractivity contribution >= 4 is 6.41 Å². The summed E-state index contributed by atoms with van der Waals surface area (Å²) in [5, 5.41) is 0. The minimum Gasteiger partial charge on any atom is -0.371 e. The lowest BCUT2D eigenvalue weighted by Gasteiger charge is -2.34. The highest BCUT2D eigenvalue weighted by molar-refractivity contribution is 5.47. The first kappa shape index (κ1) is 11.6. The van der Waals surface area contributed by atoms with Gasteiger partial charge in [0.15, 0.2) is 0 Å². The van der Waals surface area contributed by atoms with E-state index in [1.807, 2.05) is 17.1 Å². The third-order valence-electron chi connectivity index (χ3n) is 2.55. The molecule has 0 aliphatic carbocycles. The van der Waals surface area contributed by atoms with Gasteiger partial charge < -0.3 is 9.80 Å². The summed E-state index contributed by atoms with van der Waals surface area (Å²) in [6.07, 6.45) is 8.64. The van der Waals surface area contributed by atoms with Crippen LogP contribution in [0.3, 0.4) is 0 Å². The minimum absolute atomic E-state index is 0.819. The second-order valence-corrected chi connectivity index (χ2v) is 3.56. The van der Waals surface area contributed by atoms with Crippen LogP contribution in [-0.2, 0) is 4.79 Å². The van der Waals surface area contributed by atoms with Gasteiger partial charge in [-0.1, -0.05) is 24.8 Å². The molecule has 0 unspecified atom stereocenters. The first-order valence-corrected chi connectivity index (χ1v) is 5.18. The Morgan fingerprint density at radius 1 is 1.20 bits per heavy atom. The van der Waals surface area contributed by atoms with Crippen molar-refractivity contribution in [1.29, 1.82) is 0 Å². The Morgan fingerprint density at radius 3 is 2.40 bits per heavy atom. The van der Waals surface area contributed by atoms with Crippen LogP contribution in [0.2, 0.25) is 0 Å². The molecule has 1 saturated heterocycles. The second-order valence-electron chi connectivity index (χ2n) is 3.56. The average Bonchev–Trinajstić information content (AvgIpc) is 2.29. The van der Waals surface area contributed by atoms with Crippen molar-refractivity contribution in [3.8, 4) is 0 Å². The molecule has 0 N–H and O–H groups in total. The average molecular weight is 206 g/mol. The summed E-state index contributed by atoms with van der Waals surface area (Å²) < 4.78 is 0. The third kappa shape index (κ3) is 3.62. The van der Waals surface area contributed by atoms with Crippen molar-refractivity contribution in [2.24, 2.45) is 0 Å². The molecule has 0 atom stereocenters. The fourth-order valence-electron chi connectivity index (χ4n) is 1.56. The molecule has 0 bridgehead atoms. The molecule has 0 aromatic carbocycles. The topological polar surface area (TPSA) is 23.6 Å². The van der Waals surface area contributed by atoms with E-state index in [4.69, 9.17) is 0 Å². The summed E-state index contributed by atoms with van der Waals surface area (Å²) in [7, 11) is 0. The lowest BCUT2D eigenvalue weighted by molar-refractivity contribution is -0.119. The molecule has 3 nitrogen and oxygen atoms in total. The number of hydrogen-bond acceptors (Lipinski definition) is 2. The van der Waals surface area contributed by atoms with Gasteiger partial charge >= 0.3 is 0 Å². The quantitative estimate of drug-likeness (QED) is 0.513. The second kappa shape index (κ2) is 6.06. The number of nitrogens with zero attached hydrogens (tertiary/aromatic N) is 2. The molecular weight excluding hydrogens is 188 g/mol. The van der Waals surface area contributed by atoms with Crippen LogP contribution < -0.4 is 0 Å². The zero-order valence-corrected chi connectivity index (χ0v) is 9.22. The van der Waals surface area contributed by atoms with Gasteiger partial charge in [0.25, 0.3) is 0 Å². The summed E-state index contributed by atoms with van der Waals surface area (Å²) in [4.78, 5) is 14.6. The molecule has 0 radical (unpaired) electrons. The summed E-state index contributed by atoms with van der Waals surface area (Å²) in [6, 6.07) is 0. The van der Waals surface area contributed by atoms with E-state index in [2.05, 4.69) is 24.5 Å². The molecular formula is C12H18N2O. The number of allylic oxidation sites excluding steroid dienone is 5. The van der Waals surface area contributed by atoms with Crippen molar-refractivity contribution in [3.63, 3.8) is 0 Å². The van der Waals surface area contributed by atoms with Crippen LogP contribution >= 0.6 is 0 Å². The summed E-state index contributed by atoms with van der Waals surface area (Å²) in [5.74, 6) is 0. The Labute approximate surface area is 91.4 Å². The molecule has 1 fully saturated rings. The molecule has 15 heavy (non-hydrogen) atoms. The van der Waals surface area contributed by atoms with Gasteiger partial charge in [0.05, 0.1) is 0 Å². The highest BCUT2D eigenvalue weighted by atomic mass is 16.1. The zero-order valence-electron chi connectivity index (χ0n) is 9.22. The number of hydrogen-bond donors (Lipinski definition) is 0. The van der Waals surface area contributed by atoms with Gasteiger partial charge in [-0.15, -0.1) is 0 Å². The fourth-order valence-corrected chi connectivity index (χ4v) is 1.56. The van der Waals surface area contributed by atoms with Crippen LogP contribution in [0.5, 0.6) is 0 Å². The number of carbonyl (C=O) groups excluding carboxylic acids is 1. The van der Waals surface area contributed by atoms with Crippen molar-refractivity contribution < 1.29 is 4.79 Å². The Morgan fingerprint density at radius 2 is 1.87 bits per heavy atom. The fraction of sp³-hybridized carbons (Fsp3) is 0.417. The lowest BCUT2D eigenvalue weighted by Crippen LogP contribution is -2.44. The first-order chi connectivity index (χ1) is 7.27. The van der Waals surface area contributed by atoms with Crippen molar-refractivity contribution in [2.75, 3.05) is 26.2 Å². The molecule has 1 aliphatic heterocycles. The van der Waals surface area contributed by atoms with Crippen LogP contribution in [0, 0.1) is 0 Å². The highest BCUT2D eigenvalue weighted by Gasteiger charge is 2.14. The molecule has 1 heterocycles. The van der Waals surface area contributed by atoms with E-state index in [-0.39, 0.29) is 0 Å². The van der Waals surface area contributed by atoms with Crippen molar-refractivity contribution in [2.45, 2.75) is 6.92 Å². The maximum atomic E-state index is 10.5. The van der Waals surface area contributed by atoms with Crippen LogP contribution in [0.25, 0.3) is 0 Å². The molecule has 0 saturated carbocycles. The molecule has 0 aromatic heterocycles.